The SMILES string of the molecule is CC.CCC(=O)NCc1ccc(C(=O)OC)cc1. The number of methoxy groups -OCH3 is 1. The van der Waals surface area contributed by atoms with Crippen molar-refractivity contribution >= 4 is 11.9 Å². The fourth-order valence-corrected chi connectivity index (χ4v) is 1.20. The molecular weight excluding hydrogens is 230 g/mol. The van der Waals surface area contributed by atoms with Crippen molar-refractivity contribution in [1.29, 1.82) is 0 Å². The second-order valence-corrected chi connectivity index (χ2v) is 3.32. The lowest BCUT2D eigenvalue weighted by Gasteiger charge is -2.04. The molecule has 0 saturated carbocycles. The minimum Gasteiger partial charge on any atom is -0.465 e. The third-order valence-corrected chi connectivity index (χ3v) is 2.19. The van der Waals surface area contributed by atoms with Crippen LogP contribution in [0.15, 0.2) is 24.3 Å². The molecule has 0 heterocycles. The topological polar surface area (TPSA) is 55.4 Å². The van der Waals surface area contributed by atoms with E-state index in [4.69, 9.17) is 0 Å². The summed E-state index contributed by atoms with van der Waals surface area (Å²) in [5.74, 6) is -0.346. The standard InChI is InChI=1S/C12H15NO3.C2H6/c1-3-11(14)13-8-9-4-6-10(7-5-9)12(15)16-2;1-2/h4-7H,3,8H2,1-2H3,(H,13,14);1-2H3. The Hall–Kier alpha value is -1.84. The van der Waals surface area contributed by atoms with E-state index in [-0.39, 0.29) is 11.9 Å². The number of hydrogen-bond acceptors (Lipinski definition) is 3. The fraction of sp³-hybridized carbons (Fsp3) is 0.429. The molecule has 0 saturated heterocycles. The summed E-state index contributed by atoms with van der Waals surface area (Å²) < 4.78 is 4.58. The molecule has 4 nitrogen and oxygen atoms in total. The molecule has 1 N–H and O–H groups in total. The van der Waals surface area contributed by atoms with Crippen LogP contribution < -0.4 is 5.32 Å². The molecule has 0 unspecified atom stereocenters. The quantitative estimate of drug-likeness (QED) is 0.837. The van der Waals surface area contributed by atoms with Crippen molar-refractivity contribution in [1.82, 2.24) is 5.32 Å². The van der Waals surface area contributed by atoms with Crippen LogP contribution in [0, 0.1) is 0 Å². The summed E-state index contributed by atoms with van der Waals surface area (Å²) in [7, 11) is 1.34. The highest BCUT2D eigenvalue weighted by Gasteiger charge is 2.04. The first-order valence-electron chi connectivity index (χ1n) is 6.11. The van der Waals surface area contributed by atoms with E-state index in [1.807, 2.05) is 13.8 Å². The molecule has 0 spiro atoms. The van der Waals surface area contributed by atoms with Gasteiger partial charge in [-0.3, -0.25) is 4.79 Å². The van der Waals surface area contributed by atoms with Gasteiger partial charge in [0.05, 0.1) is 12.7 Å². The van der Waals surface area contributed by atoms with Crippen LogP contribution in [-0.2, 0) is 16.1 Å². The second-order valence-electron chi connectivity index (χ2n) is 3.32. The van der Waals surface area contributed by atoms with Gasteiger partial charge in [0.25, 0.3) is 0 Å². The zero-order chi connectivity index (χ0) is 14.0. The van der Waals surface area contributed by atoms with Gasteiger partial charge >= 0.3 is 5.97 Å². The molecule has 4 heteroatoms. The number of esters is 1. The summed E-state index contributed by atoms with van der Waals surface area (Å²) in [6.45, 7) is 6.28. The molecule has 18 heavy (non-hydrogen) atoms. The molecular formula is C14H21NO3. The first-order valence-corrected chi connectivity index (χ1v) is 6.11. The molecule has 0 aromatic heterocycles. The van der Waals surface area contributed by atoms with E-state index in [1.165, 1.54) is 7.11 Å². The van der Waals surface area contributed by atoms with Crippen molar-refractivity contribution < 1.29 is 14.3 Å². The van der Waals surface area contributed by atoms with Gasteiger partial charge in [0.15, 0.2) is 0 Å². The number of nitrogens with one attached hydrogen (secondary N) is 1. The average Bonchev–Trinajstić information content (AvgIpc) is 2.46. The molecule has 1 aromatic carbocycles. The molecule has 1 amide bonds. The summed E-state index contributed by atoms with van der Waals surface area (Å²) in [4.78, 5) is 22.2. The monoisotopic (exact) mass is 251 g/mol. The van der Waals surface area contributed by atoms with Crippen LogP contribution in [0.1, 0.15) is 43.1 Å². The van der Waals surface area contributed by atoms with Crippen molar-refractivity contribution in [3.63, 3.8) is 0 Å². The van der Waals surface area contributed by atoms with Gasteiger partial charge in [-0.25, -0.2) is 4.79 Å². The van der Waals surface area contributed by atoms with Gasteiger partial charge in [-0.15, -0.1) is 0 Å². The maximum absolute atomic E-state index is 11.1. The van der Waals surface area contributed by atoms with Crippen molar-refractivity contribution in [2.75, 3.05) is 7.11 Å². The maximum Gasteiger partial charge on any atom is 0.337 e. The largest absolute Gasteiger partial charge is 0.465 e. The van der Waals surface area contributed by atoms with Crippen LogP contribution in [0.25, 0.3) is 0 Å². The van der Waals surface area contributed by atoms with Crippen LogP contribution in [0.3, 0.4) is 0 Å². The zero-order valence-corrected chi connectivity index (χ0v) is 11.4. The van der Waals surface area contributed by atoms with Gasteiger partial charge in [-0.2, -0.15) is 0 Å². The normalized spacial score (nSPS) is 8.89. The van der Waals surface area contributed by atoms with E-state index in [9.17, 15) is 9.59 Å². The van der Waals surface area contributed by atoms with Gasteiger partial charge in [-0.05, 0) is 17.7 Å². The Morgan fingerprint density at radius 3 is 2.17 bits per heavy atom. The number of carbonyl (C=O) groups is 2. The lowest BCUT2D eigenvalue weighted by atomic mass is 10.1. The third-order valence-electron chi connectivity index (χ3n) is 2.19. The Labute approximate surface area is 108 Å². The molecule has 100 valence electrons. The van der Waals surface area contributed by atoms with E-state index in [0.717, 1.165) is 5.56 Å². The molecule has 1 aromatic rings. The summed E-state index contributed by atoms with van der Waals surface area (Å²) in [6.07, 6.45) is 0.472. The predicted molar refractivity (Wildman–Crippen MR) is 71.3 cm³/mol. The molecule has 0 atom stereocenters. The molecule has 0 aliphatic rings. The summed E-state index contributed by atoms with van der Waals surface area (Å²) in [5.41, 5.74) is 1.46. The molecule has 0 aliphatic carbocycles. The highest BCUT2D eigenvalue weighted by molar-refractivity contribution is 5.89. The highest BCUT2D eigenvalue weighted by Crippen LogP contribution is 2.05. The van der Waals surface area contributed by atoms with E-state index < -0.39 is 0 Å². The lowest BCUT2D eigenvalue weighted by molar-refractivity contribution is -0.120. The minimum absolute atomic E-state index is 0.0112. The molecule has 0 bridgehead atoms. The van der Waals surface area contributed by atoms with Crippen LogP contribution in [-0.4, -0.2) is 19.0 Å². The van der Waals surface area contributed by atoms with Crippen LogP contribution in [0.2, 0.25) is 0 Å². The van der Waals surface area contributed by atoms with Crippen LogP contribution in [0.5, 0.6) is 0 Å². The highest BCUT2D eigenvalue weighted by atomic mass is 16.5. The number of ether oxygens (including phenoxy) is 1. The number of amides is 1. The fourth-order valence-electron chi connectivity index (χ4n) is 1.20. The molecule has 0 fully saturated rings. The van der Waals surface area contributed by atoms with Crippen molar-refractivity contribution in [2.24, 2.45) is 0 Å². The van der Waals surface area contributed by atoms with E-state index in [2.05, 4.69) is 10.1 Å². The van der Waals surface area contributed by atoms with Crippen LogP contribution >= 0.6 is 0 Å². The van der Waals surface area contributed by atoms with Crippen molar-refractivity contribution in [2.45, 2.75) is 33.7 Å². The first-order chi connectivity index (χ1) is 8.67. The Kier molecular flexibility index (Phi) is 8.27. The number of hydrogen-bond donors (Lipinski definition) is 1. The van der Waals surface area contributed by atoms with Gasteiger partial charge in [0.2, 0.25) is 5.91 Å². The molecule has 0 aliphatic heterocycles. The average molecular weight is 251 g/mol. The minimum atomic E-state index is -0.357. The smallest absolute Gasteiger partial charge is 0.337 e. The summed E-state index contributed by atoms with van der Waals surface area (Å²) in [6, 6.07) is 6.95. The van der Waals surface area contributed by atoms with Gasteiger partial charge < -0.3 is 10.1 Å². The Morgan fingerprint density at radius 2 is 1.72 bits per heavy atom. The number of rotatable bonds is 4. The summed E-state index contributed by atoms with van der Waals surface area (Å²) in [5, 5.41) is 2.76. The second kappa shape index (κ2) is 9.22. The number of benzene rings is 1. The Balaban J connectivity index is 0.00000137. The maximum atomic E-state index is 11.1. The number of carbonyl (C=O) groups excluding carboxylic acids is 2. The third kappa shape index (κ3) is 5.48. The van der Waals surface area contributed by atoms with E-state index in [1.54, 1.807) is 31.2 Å². The molecule has 1 rings (SSSR count). The first kappa shape index (κ1) is 16.2. The van der Waals surface area contributed by atoms with Gasteiger partial charge in [-0.1, -0.05) is 32.9 Å². The van der Waals surface area contributed by atoms with Crippen LogP contribution in [0.4, 0.5) is 0 Å². The van der Waals surface area contributed by atoms with Crippen molar-refractivity contribution in [3.8, 4) is 0 Å². The predicted octanol–water partition coefficient (Wildman–Crippen LogP) is 2.53. The Morgan fingerprint density at radius 1 is 1.17 bits per heavy atom. The van der Waals surface area contributed by atoms with Gasteiger partial charge in [0.1, 0.15) is 0 Å². The zero-order valence-electron chi connectivity index (χ0n) is 11.4. The van der Waals surface area contributed by atoms with E-state index >= 15 is 0 Å². The van der Waals surface area contributed by atoms with E-state index in [0.29, 0.717) is 18.5 Å². The lowest BCUT2D eigenvalue weighted by Crippen LogP contribution is -2.21. The summed E-state index contributed by atoms with van der Waals surface area (Å²) >= 11 is 0. The Bertz CT molecular complexity index is 371. The molecule has 0 radical (unpaired) electrons. The van der Waals surface area contributed by atoms with Crippen molar-refractivity contribution in [3.05, 3.63) is 35.4 Å². The van der Waals surface area contributed by atoms with Gasteiger partial charge in [0, 0.05) is 13.0 Å².